The highest BCUT2D eigenvalue weighted by Gasteiger charge is 2.29. The van der Waals surface area contributed by atoms with Crippen LogP contribution in [-0.2, 0) is 0 Å². The van der Waals surface area contributed by atoms with Crippen molar-refractivity contribution in [2.45, 2.75) is 110 Å². The van der Waals surface area contributed by atoms with E-state index in [1.807, 2.05) is 9.80 Å². The normalized spacial score (nSPS) is 19.6. The molecule has 0 spiro atoms. The maximum absolute atomic E-state index is 12.9. The standard InChI is InChI=1S/C30H57N5O2/c1-2-3-4-5-6-7-8-9-10-11-12-15-20-33-27-28-35(30(33)37)26-23-31-21-24-34(25-22-31)29(36)32-18-16-13-14-17-19-32/h2-28H2,1H3. The second-order valence-corrected chi connectivity index (χ2v) is 11.7. The van der Waals surface area contributed by atoms with E-state index in [4.69, 9.17) is 0 Å². The molecule has 3 fully saturated rings. The summed E-state index contributed by atoms with van der Waals surface area (Å²) in [6.45, 7) is 12.0. The van der Waals surface area contributed by atoms with E-state index in [9.17, 15) is 9.59 Å². The predicted molar refractivity (Wildman–Crippen MR) is 153 cm³/mol. The molecule has 0 aliphatic carbocycles. The Labute approximate surface area is 227 Å². The number of piperazine rings is 1. The minimum Gasteiger partial charge on any atom is -0.325 e. The molecule has 0 aromatic carbocycles. The number of hydrogen-bond acceptors (Lipinski definition) is 3. The van der Waals surface area contributed by atoms with Gasteiger partial charge >= 0.3 is 12.1 Å². The van der Waals surface area contributed by atoms with Crippen LogP contribution in [0, 0.1) is 0 Å². The molecule has 0 aromatic heterocycles. The van der Waals surface area contributed by atoms with Crippen LogP contribution in [0.2, 0.25) is 0 Å². The fraction of sp³-hybridized carbons (Fsp3) is 0.933. The van der Waals surface area contributed by atoms with Gasteiger partial charge in [0.05, 0.1) is 0 Å². The Morgan fingerprint density at radius 3 is 1.59 bits per heavy atom. The number of urea groups is 2. The SMILES string of the molecule is CCCCCCCCCCCCCCN1CCN(CCN2CCN(C(=O)N3CCCCCC3)CC2)C1=O. The van der Waals surface area contributed by atoms with Gasteiger partial charge in [-0.3, -0.25) is 4.90 Å². The molecule has 0 N–H and O–H groups in total. The summed E-state index contributed by atoms with van der Waals surface area (Å²) in [5.41, 5.74) is 0. The van der Waals surface area contributed by atoms with Gasteiger partial charge in [0.25, 0.3) is 0 Å². The van der Waals surface area contributed by atoms with Crippen molar-refractivity contribution >= 4 is 12.1 Å². The number of hydrogen-bond donors (Lipinski definition) is 0. The summed E-state index contributed by atoms with van der Waals surface area (Å²) < 4.78 is 0. The lowest BCUT2D eigenvalue weighted by Crippen LogP contribution is -2.54. The van der Waals surface area contributed by atoms with Crippen LogP contribution in [0.3, 0.4) is 0 Å². The summed E-state index contributed by atoms with van der Waals surface area (Å²) in [7, 11) is 0. The molecule has 4 amide bonds. The van der Waals surface area contributed by atoms with Gasteiger partial charge in [-0.25, -0.2) is 9.59 Å². The smallest absolute Gasteiger partial charge is 0.320 e. The monoisotopic (exact) mass is 519 g/mol. The van der Waals surface area contributed by atoms with Crippen LogP contribution in [0.25, 0.3) is 0 Å². The van der Waals surface area contributed by atoms with E-state index in [-0.39, 0.29) is 12.1 Å². The van der Waals surface area contributed by atoms with Crippen LogP contribution >= 0.6 is 0 Å². The van der Waals surface area contributed by atoms with E-state index in [0.717, 1.165) is 91.3 Å². The van der Waals surface area contributed by atoms with Crippen molar-refractivity contribution in [3.63, 3.8) is 0 Å². The molecular weight excluding hydrogens is 462 g/mol. The highest BCUT2D eigenvalue weighted by Crippen LogP contribution is 2.16. The van der Waals surface area contributed by atoms with Crippen molar-refractivity contribution < 1.29 is 9.59 Å². The molecule has 3 aliphatic heterocycles. The maximum atomic E-state index is 12.9. The Morgan fingerprint density at radius 1 is 0.541 bits per heavy atom. The second-order valence-electron chi connectivity index (χ2n) is 11.7. The Balaban J connectivity index is 1.18. The zero-order valence-corrected chi connectivity index (χ0v) is 24.1. The quantitative estimate of drug-likeness (QED) is 0.234. The van der Waals surface area contributed by atoms with Gasteiger partial charge in [0, 0.05) is 72.0 Å². The van der Waals surface area contributed by atoms with Crippen molar-refractivity contribution in [2.24, 2.45) is 0 Å². The fourth-order valence-corrected chi connectivity index (χ4v) is 6.08. The molecule has 0 atom stereocenters. The first-order valence-electron chi connectivity index (χ1n) is 16.0. The number of likely N-dealkylation sites (tertiary alicyclic amines) is 1. The maximum Gasteiger partial charge on any atom is 0.320 e. The van der Waals surface area contributed by atoms with Gasteiger partial charge in [-0.05, 0) is 19.3 Å². The fourth-order valence-electron chi connectivity index (χ4n) is 6.08. The van der Waals surface area contributed by atoms with Crippen molar-refractivity contribution in [2.75, 3.05) is 72.0 Å². The summed E-state index contributed by atoms with van der Waals surface area (Å²) in [4.78, 5) is 36.3. The van der Waals surface area contributed by atoms with E-state index in [1.165, 1.54) is 83.5 Å². The lowest BCUT2D eigenvalue weighted by atomic mass is 10.1. The van der Waals surface area contributed by atoms with E-state index in [2.05, 4.69) is 21.6 Å². The van der Waals surface area contributed by atoms with E-state index in [0.29, 0.717) is 0 Å². The zero-order chi connectivity index (χ0) is 26.1. The Bertz CT molecular complexity index is 629. The Hall–Kier alpha value is -1.50. The van der Waals surface area contributed by atoms with Crippen molar-refractivity contribution in [3.8, 4) is 0 Å². The lowest BCUT2D eigenvalue weighted by Gasteiger charge is -2.37. The molecule has 0 bridgehead atoms. The van der Waals surface area contributed by atoms with E-state index in [1.54, 1.807) is 0 Å². The third kappa shape index (κ3) is 11.0. The summed E-state index contributed by atoms with van der Waals surface area (Å²) in [5.74, 6) is 0. The van der Waals surface area contributed by atoms with Crippen molar-refractivity contribution in [1.29, 1.82) is 0 Å². The van der Waals surface area contributed by atoms with Gasteiger partial charge in [0.2, 0.25) is 0 Å². The first-order valence-corrected chi connectivity index (χ1v) is 16.0. The van der Waals surface area contributed by atoms with Gasteiger partial charge in [-0.15, -0.1) is 0 Å². The summed E-state index contributed by atoms with van der Waals surface area (Å²) in [6, 6.07) is 0.475. The van der Waals surface area contributed by atoms with Crippen LogP contribution in [0.1, 0.15) is 110 Å². The third-order valence-electron chi connectivity index (χ3n) is 8.67. The molecule has 0 aromatic rings. The van der Waals surface area contributed by atoms with Crippen molar-refractivity contribution in [1.82, 2.24) is 24.5 Å². The Kier molecular flexibility index (Phi) is 14.5. The highest BCUT2D eigenvalue weighted by atomic mass is 16.2. The molecule has 3 saturated heterocycles. The molecule has 37 heavy (non-hydrogen) atoms. The molecule has 3 heterocycles. The molecule has 0 radical (unpaired) electrons. The van der Waals surface area contributed by atoms with Gasteiger partial charge < -0.3 is 19.6 Å². The molecular formula is C30H57N5O2. The van der Waals surface area contributed by atoms with Gasteiger partial charge in [-0.2, -0.15) is 0 Å². The summed E-state index contributed by atoms with van der Waals surface area (Å²) in [6.07, 6.45) is 21.0. The molecule has 7 heteroatoms. The average molecular weight is 520 g/mol. The van der Waals surface area contributed by atoms with Gasteiger partial charge in [0.15, 0.2) is 0 Å². The third-order valence-corrected chi connectivity index (χ3v) is 8.67. The first-order chi connectivity index (χ1) is 18.2. The predicted octanol–water partition coefficient (Wildman–Crippen LogP) is 6.04. The number of amides is 4. The zero-order valence-electron chi connectivity index (χ0n) is 24.1. The number of carbonyl (C=O) groups is 2. The summed E-state index contributed by atoms with van der Waals surface area (Å²) >= 11 is 0. The number of carbonyl (C=O) groups excluding carboxylic acids is 2. The Morgan fingerprint density at radius 2 is 1.03 bits per heavy atom. The molecule has 0 unspecified atom stereocenters. The van der Waals surface area contributed by atoms with Crippen LogP contribution < -0.4 is 0 Å². The minimum absolute atomic E-state index is 0.234. The van der Waals surface area contributed by atoms with E-state index < -0.39 is 0 Å². The molecule has 214 valence electrons. The molecule has 0 saturated carbocycles. The van der Waals surface area contributed by atoms with Crippen molar-refractivity contribution in [3.05, 3.63) is 0 Å². The molecule has 3 aliphatic rings. The molecule has 7 nitrogen and oxygen atoms in total. The highest BCUT2D eigenvalue weighted by molar-refractivity contribution is 5.76. The largest absolute Gasteiger partial charge is 0.325 e. The summed E-state index contributed by atoms with van der Waals surface area (Å²) in [5, 5.41) is 0. The number of rotatable bonds is 16. The van der Waals surface area contributed by atoms with Gasteiger partial charge in [0.1, 0.15) is 0 Å². The van der Waals surface area contributed by atoms with Crippen LogP contribution in [-0.4, -0.2) is 109 Å². The van der Waals surface area contributed by atoms with Gasteiger partial charge in [-0.1, -0.05) is 90.4 Å². The lowest BCUT2D eigenvalue weighted by molar-refractivity contribution is 0.109. The molecule has 3 rings (SSSR count). The van der Waals surface area contributed by atoms with Crippen LogP contribution in [0.15, 0.2) is 0 Å². The van der Waals surface area contributed by atoms with E-state index >= 15 is 0 Å². The first kappa shape index (κ1) is 30.0. The topological polar surface area (TPSA) is 50.3 Å². The number of nitrogens with zero attached hydrogens (tertiary/aromatic N) is 5. The number of unbranched alkanes of at least 4 members (excludes halogenated alkanes) is 11. The second kappa shape index (κ2) is 17.9. The minimum atomic E-state index is 0.234. The average Bonchev–Trinajstić information content (AvgIpc) is 3.09. The van der Waals surface area contributed by atoms with Crippen LogP contribution in [0.4, 0.5) is 9.59 Å². The van der Waals surface area contributed by atoms with Crippen LogP contribution in [0.5, 0.6) is 0 Å².